The zero-order valence-corrected chi connectivity index (χ0v) is 19.1. The highest BCUT2D eigenvalue weighted by Gasteiger charge is 2.44. The highest BCUT2D eigenvalue weighted by Crippen LogP contribution is 2.52. The predicted octanol–water partition coefficient (Wildman–Crippen LogP) is 8.68. The second kappa shape index (κ2) is 11.0. The van der Waals surface area contributed by atoms with E-state index in [9.17, 15) is 5.26 Å². The van der Waals surface area contributed by atoms with Crippen molar-refractivity contribution in [2.75, 3.05) is 0 Å². The number of rotatable bonds is 8. The second-order valence-corrected chi connectivity index (χ2v) is 10.9. The Morgan fingerprint density at radius 2 is 1.32 bits per heavy atom. The van der Waals surface area contributed by atoms with Crippen molar-refractivity contribution < 1.29 is 0 Å². The van der Waals surface area contributed by atoms with Crippen LogP contribution >= 0.6 is 0 Å². The first-order chi connectivity index (χ1) is 13.7. The van der Waals surface area contributed by atoms with Gasteiger partial charge in [-0.3, -0.25) is 0 Å². The molecule has 3 aliphatic carbocycles. The standard InChI is InChI=1S/C27H47N/c1-3-5-6-7-8-23-11-15-26(16-12-23)27(21-28)19-17-25(18-20-27)24-13-9-22(4-2)10-14-24/h22-26H,3-20H2,1-2H3/t22?,23?,24?,25-,26?,27-. The monoisotopic (exact) mass is 385 g/mol. The van der Waals surface area contributed by atoms with Gasteiger partial charge in [0, 0.05) is 0 Å². The van der Waals surface area contributed by atoms with Gasteiger partial charge in [-0.2, -0.15) is 5.26 Å². The molecule has 0 radical (unpaired) electrons. The van der Waals surface area contributed by atoms with Crippen LogP contribution in [0, 0.1) is 46.3 Å². The third-order valence-electron chi connectivity index (χ3n) is 9.37. The topological polar surface area (TPSA) is 23.8 Å². The number of nitriles is 1. The summed E-state index contributed by atoms with van der Waals surface area (Å²) in [5.41, 5.74) is 0.0459. The minimum absolute atomic E-state index is 0.0459. The van der Waals surface area contributed by atoms with Crippen LogP contribution in [0.1, 0.15) is 129 Å². The van der Waals surface area contributed by atoms with Crippen LogP contribution in [-0.2, 0) is 0 Å². The molecule has 3 aliphatic rings. The molecule has 3 rings (SSSR count). The number of nitrogens with zero attached hydrogens (tertiary/aromatic N) is 1. The number of unbranched alkanes of at least 4 members (excludes halogenated alkanes) is 3. The maximum atomic E-state index is 10.2. The fraction of sp³-hybridized carbons (Fsp3) is 0.963. The Morgan fingerprint density at radius 1 is 0.714 bits per heavy atom. The largest absolute Gasteiger partial charge is 0.198 e. The van der Waals surface area contributed by atoms with Crippen molar-refractivity contribution in [3.63, 3.8) is 0 Å². The first-order valence-corrected chi connectivity index (χ1v) is 13.1. The van der Waals surface area contributed by atoms with Gasteiger partial charge in [-0.15, -0.1) is 0 Å². The third kappa shape index (κ3) is 5.55. The predicted molar refractivity (Wildman–Crippen MR) is 120 cm³/mol. The molecule has 0 aromatic carbocycles. The smallest absolute Gasteiger partial charge is 0.0692 e. The Balaban J connectivity index is 1.43. The van der Waals surface area contributed by atoms with E-state index in [1.807, 2.05) is 0 Å². The van der Waals surface area contributed by atoms with E-state index in [1.165, 1.54) is 116 Å². The van der Waals surface area contributed by atoms with Crippen LogP contribution in [0.15, 0.2) is 0 Å². The van der Waals surface area contributed by atoms with Crippen LogP contribution < -0.4 is 0 Å². The van der Waals surface area contributed by atoms with Gasteiger partial charge < -0.3 is 0 Å². The van der Waals surface area contributed by atoms with Crippen LogP contribution in [0.2, 0.25) is 0 Å². The van der Waals surface area contributed by atoms with E-state index < -0.39 is 0 Å². The van der Waals surface area contributed by atoms with E-state index in [-0.39, 0.29) is 5.41 Å². The van der Waals surface area contributed by atoms with Crippen molar-refractivity contribution in [1.82, 2.24) is 0 Å². The molecule has 160 valence electrons. The van der Waals surface area contributed by atoms with Gasteiger partial charge in [-0.05, 0) is 81.0 Å². The van der Waals surface area contributed by atoms with Gasteiger partial charge in [0.1, 0.15) is 0 Å². The van der Waals surface area contributed by atoms with Crippen molar-refractivity contribution >= 4 is 0 Å². The molecule has 0 unspecified atom stereocenters. The molecule has 0 aromatic rings. The Morgan fingerprint density at radius 3 is 1.89 bits per heavy atom. The van der Waals surface area contributed by atoms with E-state index in [2.05, 4.69) is 19.9 Å². The minimum atomic E-state index is 0.0459. The molecule has 0 saturated heterocycles. The lowest BCUT2D eigenvalue weighted by Gasteiger charge is -2.45. The first kappa shape index (κ1) is 22.2. The maximum Gasteiger partial charge on any atom is 0.0692 e. The number of hydrogen-bond acceptors (Lipinski definition) is 1. The summed E-state index contributed by atoms with van der Waals surface area (Å²) in [6, 6.07) is 2.90. The van der Waals surface area contributed by atoms with E-state index in [0.717, 1.165) is 23.7 Å². The molecular weight excluding hydrogens is 338 g/mol. The summed E-state index contributed by atoms with van der Waals surface area (Å²) in [5, 5.41) is 10.2. The second-order valence-electron chi connectivity index (χ2n) is 10.9. The molecule has 0 bridgehead atoms. The highest BCUT2D eigenvalue weighted by molar-refractivity contribution is 5.06. The molecule has 1 nitrogen and oxygen atoms in total. The Kier molecular flexibility index (Phi) is 8.74. The van der Waals surface area contributed by atoms with E-state index in [4.69, 9.17) is 0 Å². The zero-order chi connectivity index (χ0) is 19.8. The van der Waals surface area contributed by atoms with Gasteiger partial charge in [0.15, 0.2) is 0 Å². The van der Waals surface area contributed by atoms with Gasteiger partial charge in [0.2, 0.25) is 0 Å². The molecule has 0 aliphatic heterocycles. The molecular formula is C27H47N. The summed E-state index contributed by atoms with van der Waals surface area (Å²) in [5.74, 6) is 4.61. The molecule has 0 spiro atoms. The Hall–Kier alpha value is -0.510. The highest BCUT2D eigenvalue weighted by atomic mass is 14.5. The van der Waals surface area contributed by atoms with Crippen molar-refractivity contribution in [2.24, 2.45) is 35.0 Å². The maximum absolute atomic E-state index is 10.2. The minimum Gasteiger partial charge on any atom is -0.198 e. The molecule has 1 heteroatoms. The molecule has 0 aromatic heterocycles. The van der Waals surface area contributed by atoms with Crippen LogP contribution in [0.4, 0.5) is 0 Å². The van der Waals surface area contributed by atoms with E-state index in [0.29, 0.717) is 5.92 Å². The average Bonchev–Trinajstić information content (AvgIpc) is 2.77. The Bertz CT molecular complexity index is 465. The van der Waals surface area contributed by atoms with Crippen molar-refractivity contribution in [2.45, 2.75) is 129 Å². The van der Waals surface area contributed by atoms with Gasteiger partial charge in [0.05, 0.1) is 11.5 Å². The van der Waals surface area contributed by atoms with Gasteiger partial charge in [-0.25, -0.2) is 0 Å². The Labute approximate surface area is 176 Å². The molecule has 0 N–H and O–H groups in total. The van der Waals surface area contributed by atoms with Gasteiger partial charge in [-0.1, -0.05) is 78.1 Å². The van der Waals surface area contributed by atoms with Crippen molar-refractivity contribution in [1.29, 1.82) is 5.26 Å². The lowest BCUT2D eigenvalue weighted by Crippen LogP contribution is -2.38. The summed E-state index contributed by atoms with van der Waals surface area (Å²) in [6.07, 6.45) is 25.0. The molecule has 3 fully saturated rings. The normalized spacial score (nSPS) is 39.4. The third-order valence-corrected chi connectivity index (χ3v) is 9.37. The van der Waals surface area contributed by atoms with E-state index >= 15 is 0 Å². The first-order valence-electron chi connectivity index (χ1n) is 13.1. The molecule has 0 heterocycles. The van der Waals surface area contributed by atoms with Crippen molar-refractivity contribution in [3.05, 3.63) is 0 Å². The molecule has 0 amide bonds. The number of hydrogen-bond donors (Lipinski definition) is 0. The fourth-order valence-electron chi connectivity index (χ4n) is 7.17. The zero-order valence-electron chi connectivity index (χ0n) is 19.1. The molecule has 28 heavy (non-hydrogen) atoms. The average molecular weight is 386 g/mol. The summed E-state index contributed by atoms with van der Waals surface area (Å²) in [4.78, 5) is 0. The van der Waals surface area contributed by atoms with Crippen LogP contribution in [-0.4, -0.2) is 0 Å². The summed E-state index contributed by atoms with van der Waals surface area (Å²) in [6.45, 7) is 4.67. The fourth-order valence-corrected chi connectivity index (χ4v) is 7.17. The van der Waals surface area contributed by atoms with E-state index in [1.54, 1.807) is 0 Å². The molecule has 0 atom stereocenters. The lowest BCUT2D eigenvalue weighted by atomic mass is 9.57. The van der Waals surface area contributed by atoms with Gasteiger partial charge >= 0.3 is 0 Å². The van der Waals surface area contributed by atoms with Gasteiger partial charge in [0.25, 0.3) is 0 Å². The van der Waals surface area contributed by atoms with Crippen molar-refractivity contribution in [3.8, 4) is 6.07 Å². The quantitative estimate of drug-likeness (QED) is 0.383. The lowest BCUT2D eigenvalue weighted by molar-refractivity contribution is 0.0605. The summed E-state index contributed by atoms with van der Waals surface area (Å²) < 4.78 is 0. The molecule has 3 saturated carbocycles. The van der Waals surface area contributed by atoms with Crippen LogP contribution in [0.5, 0.6) is 0 Å². The SMILES string of the molecule is CCCCCCC1CCC([C@]2(C#N)CC[C@@H](C3CCC(CC)CC3)CC2)CC1. The summed E-state index contributed by atoms with van der Waals surface area (Å²) >= 11 is 0. The van der Waals surface area contributed by atoms with Crippen LogP contribution in [0.3, 0.4) is 0 Å². The summed E-state index contributed by atoms with van der Waals surface area (Å²) in [7, 11) is 0. The van der Waals surface area contributed by atoms with Crippen LogP contribution in [0.25, 0.3) is 0 Å².